The van der Waals surface area contributed by atoms with Gasteiger partial charge in [-0.25, -0.2) is 0 Å². The number of rotatable bonds is 57. The molecule has 0 fully saturated rings. The summed E-state index contributed by atoms with van der Waals surface area (Å²) < 4.78 is 16.9. The van der Waals surface area contributed by atoms with Crippen LogP contribution in [-0.2, 0) is 28.6 Å². The molecule has 0 bridgehead atoms. The lowest BCUT2D eigenvalue weighted by molar-refractivity contribution is -0.167. The molecule has 0 saturated heterocycles. The standard InChI is InChI=1S/C71H118O6/c1-4-7-10-13-16-19-22-25-27-29-31-32-33-34-35-36-37-38-40-41-43-46-49-52-55-58-61-64-70(73)76-67-68(66-75-69(72)63-60-57-54-51-48-45-24-21-18-15-12-9-6-3)77-71(74)65-62-59-56-53-50-47-44-42-39-30-28-26-23-20-17-14-11-8-5-2/h7,9-10,12,16-21,25-28,31-32,34-35,45,48,68H,4-6,8,11,13-15,22-24,29-30,33,36-44,46-47,49-67H2,1-3H3/b10-7-,12-9-,19-16-,20-17-,21-18-,27-25-,28-26-,32-31-,35-34-,48-45-. The lowest BCUT2D eigenvalue weighted by Gasteiger charge is -2.18. The van der Waals surface area contributed by atoms with Crippen molar-refractivity contribution in [2.24, 2.45) is 0 Å². The normalized spacial score (nSPS) is 12.9. The summed E-state index contributed by atoms with van der Waals surface area (Å²) in [5.41, 5.74) is 0. The van der Waals surface area contributed by atoms with Gasteiger partial charge in [0.05, 0.1) is 0 Å². The van der Waals surface area contributed by atoms with Crippen LogP contribution in [-0.4, -0.2) is 37.2 Å². The molecule has 0 aliphatic rings. The van der Waals surface area contributed by atoms with Crippen LogP contribution >= 0.6 is 0 Å². The Balaban J connectivity index is 4.33. The van der Waals surface area contributed by atoms with Crippen LogP contribution in [0.25, 0.3) is 0 Å². The van der Waals surface area contributed by atoms with Gasteiger partial charge < -0.3 is 14.2 Å². The highest BCUT2D eigenvalue weighted by molar-refractivity contribution is 5.71. The van der Waals surface area contributed by atoms with Crippen molar-refractivity contribution in [1.82, 2.24) is 0 Å². The van der Waals surface area contributed by atoms with Gasteiger partial charge in [0.25, 0.3) is 0 Å². The zero-order valence-electron chi connectivity index (χ0n) is 50.2. The molecule has 0 aliphatic heterocycles. The fraction of sp³-hybridized carbons (Fsp3) is 0.676. The smallest absolute Gasteiger partial charge is 0.306 e. The molecule has 0 aromatic heterocycles. The number of ether oxygens (including phenoxy) is 3. The van der Waals surface area contributed by atoms with Crippen LogP contribution < -0.4 is 0 Å². The van der Waals surface area contributed by atoms with E-state index >= 15 is 0 Å². The summed E-state index contributed by atoms with van der Waals surface area (Å²) in [6.07, 6.45) is 89.2. The minimum Gasteiger partial charge on any atom is -0.462 e. The first-order valence-corrected chi connectivity index (χ1v) is 32.0. The summed E-state index contributed by atoms with van der Waals surface area (Å²) in [4.78, 5) is 38.3. The lowest BCUT2D eigenvalue weighted by Crippen LogP contribution is -2.30. The summed E-state index contributed by atoms with van der Waals surface area (Å²) in [5, 5.41) is 0. The van der Waals surface area contributed by atoms with Crippen molar-refractivity contribution in [2.45, 2.75) is 297 Å². The SMILES string of the molecule is CC/C=C\C/C=C\C/C=C\C/C=C\C/C=C\CCCCCCCCCCCCCC(=O)OCC(COC(=O)CCCCC/C=C\C/C=C\C/C=C\CC)OC(=O)CCCCCCCCCCC/C=C\C/C=C\CCCCC. The van der Waals surface area contributed by atoms with Crippen LogP contribution in [0.5, 0.6) is 0 Å². The number of allylic oxidation sites excluding steroid dienone is 20. The molecule has 1 unspecified atom stereocenters. The highest BCUT2D eigenvalue weighted by atomic mass is 16.6. The predicted molar refractivity (Wildman–Crippen MR) is 334 cm³/mol. The Kier molecular flexibility index (Phi) is 60.8. The lowest BCUT2D eigenvalue weighted by atomic mass is 10.0. The number of unbranched alkanes of at least 4 members (excludes halogenated alkanes) is 26. The first kappa shape index (κ1) is 72.8. The zero-order chi connectivity index (χ0) is 55.7. The van der Waals surface area contributed by atoms with Gasteiger partial charge in [-0.05, 0) is 128 Å². The summed E-state index contributed by atoms with van der Waals surface area (Å²) in [7, 11) is 0. The quantitative estimate of drug-likeness (QED) is 0.0261. The van der Waals surface area contributed by atoms with Crippen molar-refractivity contribution in [3.05, 3.63) is 122 Å². The molecule has 0 N–H and O–H groups in total. The van der Waals surface area contributed by atoms with E-state index in [0.29, 0.717) is 19.3 Å². The Hall–Kier alpha value is -4.19. The molecule has 0 aliphatic carbocycles. The monoisotopic (exact) mass is 1070 g/mol. The Bertz CT molecular complexity index is 1600. The van der Waals surface area contributed by atoms with Gasteiger partial charge in [-0.15, -0.1) is 0 Å². The molecule has 77 heavy (non-hydrogen) atoms. The van der Waals surface area contributed by atoms with Crippen molar-refractivity contribution in [3.8, 4) is 0 Å². The van der Waals surface area contributed by atoms with Gasteiger partial charge >= 0.3 is 17.9 Å². The highest BCUT2D eigenvalue weighted by Crippen LogP contribution is 2.16. The van der Waals surface area contributed by atoms with Crippen molar-refractivity contribution in [1.29, 1.82) is 0 Å². The third-order valence-electron chi connectivity index (χ3n) is 13.4. The van der Waals surface area contributed by atoms with E-state index in [2.05, 4.69) is 142 Å². The topological polar surface area (TPSA) is 78.9 Å². The third kappa shape index (κ3) is 62.5. The van der Waals surface area contributed by atoms with Gasteiger partial charge in [0.1, 0.15) is 13.2 Å². The van der Waals surface area contributed by atoms with Gasteiger partial charge in [0.15, 0.2) is 6.10 Å². The number of carbonyl (C=O) groups excluding carboxylic acids is 3. The molecule has 6 nitrogen and oxygen atoms in total. The second kappa shape index (κ2) is 64.3. The number of hydrogen-bond donors (Lipinski definition) is 0. The molecular weight excluding hydrogens is 949 g/mol. The van der Waals surface area contributed by atoms with Gasteiger partial charge in [0.2, 0.25) is 0 Å². The molecule has 0 amide bonds. The van der Waals surface area contributed by atoms with E-state index in [1.54, 1.807) is 0 Å². The van der Waals surface area contributed by atoms with E-state index in [4.69, 9.17) is 14.2 Å². The molecule has 6 heteroatoms. The zero-order valence-corrected chi connectivity index (χ0v) is 50.2. The van der Waals surface area contributed by atoms with Crippen molar-refractivity contribution in [3.63, 3.8) is 0 Å². The first-order chi connectivity index (χ1) is 38.0. The average molecular weight is 1070 g/mol. The summed E-state index contributed by atoms with van der Waals surface area (Å²) in [5.74, 6) is -0.925. The molecule has 0 rings (SSSR count). The molecule has 0 saturated carbocycles. The highest BCUT2D eigenvalue weighted by Gasteiger charge is 2.19. The van der Waals surface area contributed by atoms with Gasteiger partial charge in [-0.2, -0.15) is 0 Å². The number of carbonyl (C=O) groups is 3. The fourth-order valence-corrected chi connectivity index (χ4v) is 8.69. The van der Waals surface area contributed by atoms with Gasteiger partial charge in [-0.1, -0.05) is 264 Å². The van der Waals surface area contributed by atoms with Crippen LogP contribution in [0, 0.1) is 0 Å². The van der Waals surface area contributed by atoms with Crippen molar-refractivity contribution < 1.29 is 28.6 Å². The van der Waals surface area contributed by atoms with E-state index in [-0.39, 0.29) is 31.1 Å². The Morgan fingerprint density at radius 3 is 0.805 bits per heavy atom. The molecule has 1 atom stereocenters. The van der Waals surface area contributed by atoms with Gasteiger partial charge in [0, 0.05) is 19.3 Å². The molecule has 0 spiro atoms. The van der Waals surface area contributed by atoms with Gasteiger partial charge in [-0.3, -0.25) is 14.4 Å². The van der Waals surface area contributed by atoms with E-state index in [0.717, 1.165) is 122 Å². The van der Waals surface area contributed by atoms with Crippen LogP contribution in [0.4, 0.5) is 0 Å². The minimum atomic E-state index is -0.797. The second-order valence-electron chi connectivity index (χ2n) is 20.9. The fourth-order valence-electron chi connectivity index (χ4n) is 8.69. The number of esters is 3. The van der Waals surface area contributed by atoms with Crippen LogP contribution in [0.3, 0.4) is 0 Å². The van der Waals surface area contributed by atoms with Crippen LogP contribution in [0.15, 0.2) is 122 Å². The Morgan fingerprint density at radius 2 is 0.506 bits per heavy atom. The molecule has 438 valence electrons. The van der Waals surface area contributed by atoms with E-state index in [9.17, 15) is 14.4 Å². The molecular formula is C71H118O6. The van der Waals surface area contributed by atoms with Crippen LogP contribution in [0.1, 0.15) is 290 Å². The molecule has 0 radical (unpaired) electrons. The van der Waals surface area contributed by atoms with E-state index in [1.165, 1.54) is 128 Å². The minimum absolute atomic E-state index is 0.0922. The maximum absolute atomic E-state index is 12.9. The predicted octanol–water partition coefficient (Wildman–Crippen LogP) is 22.0. The average Bonchev–Trinajstić information content (AvgIpc) is 3.43. The molecule has 0 heterocycles. The van der Waals surface area contributed by atoms with Crippen molar-refractivity contribution in [2.75, 3.05) is 13.2 Å². The summed E-state index contributed by atoms with van der Waals surface area (Å²) in [6, 6.07) is 0. The number of hydrogen-bond acceptors (Lipinski definition) is 6. The largest absolute Gasteiger partial charge is 0.462 e. The van der Waals surface area contributed by atoms with Crippen molar-refractivity contribution >= 4 is 17.9 Å². The summed E-state index contributed by atoms with van der Waals surface area (Å²) >= 11 is 0. The third-order valence-corrected chi connectivity index (χ3v) is 13.4. The summed E-state index contributed by atoms with van der Waals surface area (Å²) in [6.45, 7) is 6.37. The van der Waals surface area contributed by atoms with E-state index < -0.39 is 6.10 Å². The molecule has 0 aromatic rings. The van der Waals surface area contributed by atoms with Crippen LogP contribution in [0.2, 0.25) is 0 Å². The maximum atomic E-state index is 12.9. The first-order valence-electron chi connectivity index (χ1n) is 32.0. The Labute approximate surface area is 475 Å². The van der Waals surface area contributed by atoms with E-state index in [1.807, 2.05) is 0 Å². The Morgan fingerprint density at radius 1 is 0.273 bits per heavy atom. The maximum Gasteiger partial charge on any atom is 0.306 e. The molecule has 0 aromatic carbocycles. The second-order valence-corrected chi connectivity index (χ2v) is 20.9.